The highest BCUT2D eigenvalue weighted by atomic mass is 32.1. The van der Waals surface area contributed by atoms with Gasteiger partial charge in [-0.3, -0.25) is 0 Å². The van der Waals surface area contributed by atoms with Crippen molar-refractivity contribution >= 4 is 65.6 Å². The molecule has 4 rings (SSSR count). The average Bonchev–Trinajstić information content (AvgIpc) is 3.34. The molecule has 0 amide bonds. The monoisotopic (exact) mass is 443 g/mol. The summed E-state index contributed by atoms with van der Waals surface area (Å²) in [7, 11) is 0. The molecule has 0 saturated carbocycles. The van der Waals surface area contributed by atoms with E-state index in [0.29, 0.717) is 32.2 Å². The Balaban J connectivity index is 1.87. The number of hydrogen-bond donors (Lipinski definition) is 6. The summed E-state index contributed by atoms with van der Waals surface area (Å²) in [5.41, 5.74) is 0.735. The number of nitrogens with one attached hydrogen (secondary N) is 4. The van der Waals surface area contributed by atoms with E-state index < -0.39 is 11.9 Å². The first kappa shape index (κ1) is 20.0. The van der Waals surface area contributed by atoms with Gasteiger partial charge in [-0.25, -0.2) is 15.0 Å². The number of thiol groups is 2. The van der Waals surface area contributed by atoms with Gasteiger partial charge in [0, 0.05) is 34.3 Å². The Morgan fingerprint density at radius 1 is 0.967 bits per heavy atom. The first-order valence-corrected chi connectivity index (χ1v) is 9.43. The van der Waals surface area contributed by atoms with E-state index in [2.05, 4.69) is 73.6 Å². The van der Waals surface area contributed by atoms with Crippen LogP contribution in [0.4, 0.5) is 26.2 Å². The molecule has 0 spiro atoms. The molecule has 0 aliphatic heterocycles. The van der Waals surface area contributed by atoms with Gasteiger partial charge in [-0.2, -0.15) is 8.78 Å². The molecule has 7 nitrogen and oxygen atoms in total. The van der Waals surface area contributed by atoms with Gasteiger partial charge in [-0.1, -0.05) is 25.3 Å². The second-order valence-corrected chi connectivity index (χ2v) is 6.99. The number of H-pyrrole nitrogens is 3. The molecule has 0 aliphatic rings. The lowest BCUT2D eigenvalue weighted by molar-refractivity contribution is 0.589. The normalized spacial score (nSPS) is 11.8. The van der Waals surface area contributed by atoms with Gasteiger partial charge in [0.2, 0.25) is 11.9 Å². The molecule has 0 radical (unpaired) electrons. The number of aromatic amines is 3. The van der Waals surface area contributed by atoms with E-state index in [9.17, 15) is 8.78 Å². The molecule has 152 valence electrons. The van der Waals surface area contributed by atoms with Crippen molar-refractivity contribution in [2.75, 3.05) is 5.32 Å². The summed E-state index contributed by atoms with van der Waals surface area (Å²) in [4.78, 5) is 21.7. The number of rotatable bonds is 5. The van der Waals surface area contributed by atoms with Crippen LogP contribution in [0.25, 0.3) is 22.9 Å². The largest absolute Gasteiger partial charge is 0.366 e. The van der Waals surface area contributed by atoms with Crippen molar-refractivity contribution in [2.45, 2.75) is 9.79 Å². The Morgan fingerprint density at radius 3 is 2.30 bits per heavy atom. The molecule has 4 heterocycles. The van der Waals surface area contributed by atoms with E-state index in [1.54, 1.807) is 12.4 Å². The van der Waals surface area contributed by atoms with Crippen LogP contribution in [0.15, 0.2) is 46.7 Å². The van der Waals surface area contributed by atoms with Crippen LogP contribution < -0.4 is 10.8 Å². The number of aromatic nitrogens is 5. The molecule has 0 aromatic carbocycles. The van der Waals surface area contributed by atoms with E-state index >= 15 is 0 Å². The summed E-state index contributed by atoms with van der Waals surface area (Å²) >= 11 is 8.63. The summed E-state index contributed by atoms with van der Waals surface area (Å²) in [6.45, 7) is 7.14. The van der Waals surface area contributed by atoms with Crippen LogP contribution in [0, 0.1) is 11.9 Å². The third-order valence-electron chi connectivity index (χ3n) is 4.38. The van der Waals surface area contributed by atoms with Gasteiger partial charge >= 0.3 is 0 Å². The third kappa shape index (κ3) is 3.31. The van der Waals surface area contributed by atoms with Crippen LogP contribution >= 0.6 is 25.3 Å². The fourth-order valence-electron chi connectivity index (χ4n) is 2.92. The van der Waals surface area contributed by atoms with E-state index in [0.717, 1.165) is 0 Å². The van der Waals surface area contributed by atoms with Crippen LogP contribution in [0.3, 0.4) is 0 Å². The van der Waals surface area contributed by atoms with Crippen LogP contribution in [0.5, 0.6) is 0 Å². The van der Waals surface area contributed by atoms with E-state index in [-0.39, 0.29) is 22.4 Å². The van der Waals surface area contributed by atoms with Crippen LogP contribution in [-0.4, -0.2) is 24.9 Å². The molecular weight excluding hydrogens is 428 g/mol. The van der Waals surface area contributed by atoms with Crippen molar-refractivity contribution in [2.24, 2.45) is 4.99 Å². The molecule has 30 heavy (non-hydrogen) atoms. The van der Waals surface area contributed by atoms with Gasteiger partial charge in [0.25, 0.3) is 0 Å². The maximum Gasteiger partial charge on any atom is 0.201 e. The number of nitrogens with zero attached hydrogens (tertiary/aromatic N) is 3. The van der Waals surface area contributed by atoms with Gasteiger partial charge in [0.15, 0.2) is 5.49 Å². The maximum atomic E-state index is 14.0. The lowest BCUT2D eigenvalue weighted by atomic mass is 10.3. The lowest BCUT2D eigenvalue weighted by Gasteiger charge is -2.03. The fraction of sp³-hybridized carbons (Fsp3) is 0. The van der Waals surface area contributed by atoms with Gasteiger partial charge in [0.05, 0.1) is 9.79 Å². The second-order valence-electron chi connectivity index (χ2n) is 6.10. The van der Waals surface area contributed by atoms with E-state index in [4.69, 9.17) is 0 Å². The highest BCUT2D eigenvalue weighted by molar-refractivity contribution is 7.80. The van der Waals surface area contributed by atoms with Crippen molar-refractivity contribution < 1.29 is 8.78 Å². The number of anilines is 2. The quantitative estimate of drug-likeness (QED) is 0.252. The first-order chi connectivity index (χ1) is 14.4. The summed E-state index contributed by atoms with van der Waals surface area (Å²) < 4.78 is 28.0. The Kier molecular flexibility index (Phi) is 5.22. The zero-order chi connectivity index (χ0) is 21.4. The zero-order valence-electron chi connectivity index (χ0n) is 15.3. The van der Waals surface area contributed by atoms with Crippen molar-refractivity contribution in [3.8, 4) is 0 Å². The van der Waals surface area contributed by atoms with Crippen molar-refractivity contribution in [1.29, 1.82) is 0 Å². The molecule has 0 fully saturated rings. The molecular formula is C19H15F2N7S2. The minimum atomic E-state index is -0.590. The van der Waals surface area contributed by atoms with Crippen LogP contribution in [-0.2, 0) is 0 Å². The zero-order valence-corrected chi connectivity index (χ0v) is 17.1. The van der Waals surface area contributed by atoms with Gasteiger partial charge in [-0.15, -0.1) is 25.3 Å². The number of fused-ring (bicyclic) bond motifs is 1. The van der Waals surface area contributed by atoms with Gasteiger partial charge in [0.1, 0.15) is 23.8 Å². The highest BCUT2D eigenvalue weighted by Crippen LogP contribution is 2.31. The SMILES string of the molecule is C=Cc1c(F)[nH]c(/N=c2\ncnc(Nc3[nH]c(F)c(C=C)c3S)c3c[nH]cc23)c1S. The summed E-state index contributed by atoms with van der Waals surface area (Å²) in [5, 5.41) is 4.22. The van der Waals surface area contributed by atoms with Crippen LogP contribution in [0.1, 0.15) is 11.1 Å². The molecule has 0 saturated heterocycles. The summed E-state index contributed by atoms with van der Waals surface area (Å²) in [5.74, 6) is -0.271. The molecule has 0 bridgehead atoms. The summed E-state index contributed by atoms with van der Waals surface area (Å²) in [6, 6.07) is 0. The standard InChI is InChI=1S/C19H15F2N7S2/c1-3-8-12(29)18(25-14(8)20)27-16-10-5-22-6-11(10)17(24-7-23-16)28-19-13(30)9(4-2)15(21)26-19/h3-7,22,25-26,29-30H,1-2H2,(H,23,24,27,28). The Morgan fingerprint density at radius 2 is 1.63 bits per heavy atom. The van der Waals surface area contributed by atoms with Gasteiger partial charge in [-0.05, 0) is 0 Å². The molecule has 0 aliphatic carbocycles. The number of hydrogen-bond acceptors (Lipinski definition) is 6. The highest BCUT2D eigenvalue weighted by Gasteiger charge is 2.15. The predicted molar refractivity (Wildman–Crippen MR) is 119 cm³/mol. The Hall–Kier alpha value is -3.31. The lowest BCUT2D eigenvalue weighted by Crippen LogP contribution is -2.03. The maximum absolute atomic E-state index is 14.0. The van der Waals surface area contributed by atoms with Crippen molar-refractivity contribution in [3.63, 3.8) is 0 Å². The molecule has 0 atom stereocenters. The van der Waals surface area contributed by atoms with Crippen molar-refractivity contribution in [1.82, 2.24) is 24.9 Å². The second kappa shape index (κ2) is 7.84. The first-order valence-electron chi connectivity index (χ1n) is 8.53. The van der Waals surface area contributed by atoms with Crippen LogP contribution in [0.2, 0.25) is 0 Å². The topological polar surface area (TPSA) is 97.5 Å². The predicted octanol–water partition coefficient (Wildman–Crippen LogP) is 4.73. The van der Waals surface area contributed by atoms with E-state index in [1.165, 1.54) is 18.5 Å². The Labute approximate surface area is 179 Å². The molecule has 0 unspecified atom stereocenters. The van der Waals surface area contributed by atoms with E-state index in [1.807, 2.05) is 0 Å². The number of halogens is 2. The van der Waals surface area contributed by atoms with Crippen molar-refractivity contribution in [3.05, 3.63) is 60.4 Å². The van der Waals surface area contributed by atoms with Gasteiger partial charge < -0.3 is 20.3 Å². The molecule has 4 aromatic heterocycles. The third-order valence-corrected chi connectivity index (χ3v) is 5.30. The minimum absolute atomic E-state index is 0.196. The smallest absolute Gasteiger partial charge is 0.201 e. The summed E-state index contributed by atoms with van der Waals surface area (Å²) in [6.07, 6.45) is 7.36. The average molecular weight is 444 g/mol. The molecule has 4 N–H and O–H groups in total. The minimum Gasteiger partial charge on any atom is -0.366 e. The molecule has 4 aromatic rings. The fourth-order valence-corrected chi connectivity index (χ4v) is 3.52. The molecule has 11 heteroatoms. The Bertz CT molecular complexity index is 1370.